The Balaban J connectivity index is 2.61. The Labute approximate surface area is 94.6 Å². The lowest BCUT2D eigenvalue weighted by atomic mass is 10.4. The second-order valence-corrected chi connectivity index (χ2v) is 4.86. The van der Waals surface area contributed by atoms with Crippen LogP contribution < -0.4 is 5.56 Å². The second kappa shape index (κ2) is 4.24. The Hall–Kier alpha value is -1.01. The number of pyridine rings is 1. The lowest BCUT2D eigenvalue weighted by Gasteiger charge is -2.05. The van der Waals surface area contributed by atoms with E-state index in [9.17, 15) is 9.90 Å². The summed E-state index contributed by atoms with van der Waals surface area (Å²) in [6.45, 7) is 0.626. The summed E-state index contributed by atoms with van der Waals surface area (Å²) in [7, 11) is 0. The molecule has 0 bridgehead atoms. The van der Waals surface area contributed by atoms with E-state index >= 15 is 0 Å². The van der Waals surface area contributed by atoms with Gasteiger partial charge in [-0.2, -0.15) is 11.8 Å². The highest BCUT2D eigenvalue weighted by molar-refractivity contribution is 7.98. The van der Waals surface area contributed by atoms with Crippen molar-refractivity contribution < 1.29 is 5.11 Å². The predicted molar refractivity (Wildman–Crippen MR) is 63.9 cm³/mol. The number of fused-ring (bicyclic) bond motifs is 1. The van der Waals surface area contributed by atoms with E-state index in [1.54, 1.807) is 21.8 Å². The summed E-state index contributed by atoms with van der Waals surface area (Å²) >= 11 is 3.02. The minimum absolute atomic E-state index is 0.0258. The van der Waals surface area contributed by atoms with Crippen LogP contribution in [0.1, 0.15) is 0 Å². The highest BCUT2D eigenvalue weighted by Crippen LogP contribution is 2.25. The van der Waals surface area contributed by atoms with E-state index in [1.807, 2.05) is 6.26 Å². The molecule has 2 rings (SSSR count). The topological polar surface area (TPSA) is 55.1 Å². The summed E-state index contributed by atoms with van der Waals surface area (Å²) in [5.74, 6) is 0.884. The molecule has 2 heterocycles. The van der Waals surface area contributed by atoms with Gasteiger partial charge in [0.25, 0.3) is 5.56 Å². The summed E-state index contributed by atoms with van der Waals surface area (Å²) in [6, 6.07) is 1.25. The van der Waals surface area contributed by atoms with Gasteiger partial charge in [0.1, 0.15) is 10.4 Å². The van der Waals surface area contributed by atoms with Gasteiger partial charge in [0.05, 0.1) is 5.51 Å². The second-order valence-electron chi connectivity index (χ2n) is 3.02. The van der Waals surface area contributed by atoms with E-state index in [2.05, 4.69) is 4.98 Å². The highest BCUT2D eigenvalue weighted by Gasteiger charge is 2.09. The van der Waals surface area contributed by atoms with Crippen LogP contribution in [0.4, 0.5) is 0 Å². The predicted octanol–water partition coefficient (Wildman–Crippen LogP) is 1.53. The molecule has 0 atom stereocenters. The van der Waals surface area contributed by atoms with Gasteiger partial charge in [-0.05, 0) is 6.26 Å². The molecule has 1 N–H and O–H groups in total. The fourth-order valence-electron chi connectivity index (χ4n) is 1.37. The van der Waals surface area contributed by atoms with Gasteiger partial charge in [0.2, 0.25) is 0 Å². The van der Waals surface area contributed by atoms with Crippen LogP contribution in [0.25, 0.3) is 10.3 Å². The minimum atomic E-state index is -0.194. The van der Waals surface area contributed by atoms with Crippen molar-refractivity contribution >= 4 is 33.4 Å². The van der Waals surface area contributed by atoms with Crippen molar-refractivity contribution in [3.05, 3.63) is 21.9 Å². The minimum Gasteiger partial charge on any atom is -0.506 e. The van der Waals surface area contributed by atoms with Crippen LogP contribution in [0, 0.1) is 0 Å². The van der Waals surface area contributed by atoms with Crippen LogP contribution in [0.3, 0.4) is 0 Å². The number of thioether (sulfide) groups is 1. The maximum Gasteiger partial charge on any atom is 0.255 e. The van der Waals surface area contributed by atoms with Crippen molar-refractivity contribution in [2.45, 2.75) is 6.54 Å². The average molecular weight is 242 g/mol. The molecule has 2 aromatic rings. The van der Waals surface area contributed by atoms with E-state index in [1.165, 1.54) is 17.4 Å². The highest BCUT2D eigenvalue weighted by atomic mass is 32.2. The molecule has 0 radical (unpaired) electrons. The molecule has 6 heteroatoms. The number of hydrogen-bond donors (Lipinski definition) is 1. The molecule has 0 fully saturated rings. The van der Waals surface area contributed by atoms with Crippen LogP contribution in [0.15, 0.2) is 16.4 Å². The Kier molecular flexibility index (Phi) is 2.97. The first-order valence-electron chi connectivity index (χ1n) is 4.39. The molecule has 2 aromatic heterocycles. The molecule has 0 aliphatic carbocycles. The Morgan fingerprint density at radius 3 is 3.20 bits per heavy atom. The lowest BCUT2D eigenvalue weighted by Crippen LogP contribution is -2.20. The first-order chi connectivity index (χ1) is 7.24. The summed E-state index contributed by atoms with van der Waals surface area (Å²) < 4.78 is 2.28. The summed E-state index contributed by atoms with van der Waals surface area (Å²) in [5, 5.41) is 9.54. The van der Waals surface area contributed by atoms with Gasteiger partial charge in [-0.3, -0.25) is 9.36 Å². The molecule has 0 aliphatic heterocycles. The molecule has 0 aromatic carbocycles. The summed E-state index contributed by atoms with van der Waals surface area (Å²) in [6.07, 6.45) is 1.99. The first kappa shape index (κ1) is 10.5. The number of aromatic hydroxyl groups is 1. The van der Waals surface area contributed by atoms with Crippen molar-refractivity contribution in [2.75, 3.05) is 12.0 Å². The monoisotopic (exact) mass is 242 g/mol. The maximum atomic E-state index is 11.6. The Morgan fingerprint density at radius 2 is 2.47 bits per heavy atom. The van der Waals surface area contributed by atoms with Crippen LogP contribution in [0.5, 0.6) is 5.75 Å². The fourth-order valence-corrected chi connectivity index (χ4v) is 2.44. The number of hydrogen-bond acceptors (Lipinski definition) is 5. The molecule has 4 nitrogen and oxygen atoms in total. The normalized spacial score (nSPS) is 11.0. The zero-order chi connectivity index (χ0) is 10.8. The lowest BCUT2D eigenvalue weighted by molar-refractivity contribution is 0.480. The van der Waals surface area contributed by atoms with Crippen LogP contribution in [-0.2, 0) is 6.54 Å². The SMILES string of the molecule is CSCCn1c(=O)cc(O)c2scnc21. The number of rotatable bonds is 3. The van der Waals surface area contributed by atoms with Gasteiger partial charge in [-0.25, -0.2) is 4.98 Å². The van der Waals surface area contributed by atoms with Gasteiger partial charge in [-0.1, -0.05) is 0 Å². The van der Waals surface area contributed by atoms with Crippen LogP contribution in [0.2, 0.25) is 0 Å². The van der Waals surface area contributed by atoms with Crippen molar-refractivity contribution in [1.82, 2.24) is 9.55 Å². The number of nitrogens with zero attached hydrogens (tertiary/aromatic N) is 2. The van der Waals surface area contributed by atoms with E-state index in [0.29, 0.717) is 16.9 Å². The fraction of sp³-hybridized carbons (Fsp3) is 0.333. The molecule has 0 aliphatic rings. The van der Waals surface area contributed by atoms with Crippen molar-refractivity contribution in [1.29, 1.82) is 0 Å². The van der Waals surface area contributed by atoms with E-state index in [4.69, 9.17) is 0 Å². The zero-order valence-corrected chi connectivity index (χ0v) is 9.77. The smallest absolute Gasteiger partial charge is 0.255 e. The number of aryl methyl sites for hydroxylation is 1. The molecule has 0 saturated heterocycles. The maximum absolute atomic E-state index is 11.6. The van der Waals surface area contributed by atoms with Crippen LogP contribution in [-0.4, -0.2) is 26.7 Å². The quantitative estimate of drug-likeness (QED) is 0.886. The summed E-state index contributed by atoms with van der Waals surface area (Å²) in [4.78, 5) is 15.7. The molecule has 0 spiro atoms. The molecular weight excluding hydrogens is 232 g/mol. The third-order valence-corrected chi connectivity index (χ3v) is 3.51. The zero-order valence-electron chi connectivity index (χ0n) is 8.14. The van der Waals surface area contributed by atoms with Gasteiger partial charge in [-0.15, -0.1) is 11.3 Å². The van der Waals surface area contributed by atoms with E-state index in [0.717, 1.165) is 5.75 Å². The van der Waals surface area contributed by atoms with Gasteiger partial charge in [0, 0.05) is 18.4 Å². The molecular formula is C9H10N2O2S2. The molecule has 0 amide bonds. The molecule has 0 saturated carbocycles. The van der Waals surface area contributed by atoms with Crippen molar-refractivity contribution in [2.24, 2.45) is 0 Å². The Morgan fingerprint density at radius 1 is 1.67 bits per heavy atom. The number of aromatic nitrogens is 2. The number of thiazole rings is 1. The molecule has 15 heavy (non-hydrogen) atoms. The van der Waals surface area contributed by atoms with Gasteiger partial charge in [0.15, 0.2) is 5.65 Å². The van der Waals surface area contributed by atoms with Gasteiger partial charge < -0.3 is 5.11 Å². The largest absolute Gasteiger partial charge is 0.506 e. The standard InChI is InChI=1S/C9H10N2O2S2/c1-14-3-2-11-7(13)4-6(12)8-9(11)10-5-15-8/h4-5,12H,2-3H2,1H3. The third-order valence-electron chi connectivity index (χ3n) is 2.08. The molecule has 0 unspecified atom stereocenters. The van der Waals surface area contributed by atoms with Gasteiger partial charge >= 0.3 is 0 Å². The summed E-state index contributed by atoms with van der Waals surface area (Å²) in [5.41, 5.74) is 2.03. The van der Waals surface area contributed by atoms with E-state index in [-0.39, 0.29) is 11.3 Å². The Bertz CT molecular complexity index is 532. The molecule has 80 valence electrons. The average Bonchev–Trinajstić information content (AvgIpc) is 2.66. The van der Waals surface area contributed by atoms with Crippen molar-refractivity contribution in [3.63, 3.8) is 0 Å². The van der Waals surface area contributed by atoms with E-state index < -0.39 is 0 Å². The van der Waals surface area contributed by atoms with Crippen molar-refractivity contribution in [3.8, 4) is 5.75 Å². The third kappa shape index (κ3) is 1.87. The first-order valence-corrected chi connectivity index (χ1v) is 6.66. The van der Waals surface area contributed by atoms with Crippen LogP contribution >= 0.6 is 23.1 Å².